The molecule has 7 heteroatoms. The third-order valence-electron chi connectivity index (χ3n) is 3.38. The van der Waals surface area contributed by atoms with Gasteiger partial charge in [0.05, 0.1) is 5.02 Å². The van der Waals surface area contributed by atoms with Gasteiger partial charge in [0.1, 0.15) is 23.8 Å². The SMILES string of the molecule is Cc1ccc(N)cc1Nc1cc(Nc2ccc(F)c(Cl)c2)ncn1. The average molecular weight is 344 g/mol. The Morgan fingerprint density at radius 2 is 1.75 bits per heavy atom. The smallest absolute Gasteiger partial charge is 0.141 e. The van der Waals surface area contributed by atoms with Crippen LogP contribution in [0.25, 0.3) is 0 Å². The Bertz CT molecular complexity index is 885. The van der Waals surface area contributed by atoms with E-state index in [1.165, 1.54) is 18.5 Å². The van der Waals surface area contributed by atoms with Gasteiger partial charge in [0.25, 0.3) is 0 Å². The van der Waals surface area contributed by atoms with E-state index in [0.717, 1.165) is 11.3 Å². The molecular formula is C17H15ClFN5. The summed E-state index contributed by atoms with van der Waals surface area (Å²) in [6.07, 6.45) is 1.43. The van der Waals surface area contributed by atoms with Crippen molar-refractivity contribution in [1.29, 1.82) is 0 Å². The van der Waals surface area contributed by atoms with Gasteiger partial charge in [0.2, 0.25) is 0 Å². The summed E-state index contributed by atoms with van der Waals surface area (Å²) >= 11 is 5.78. The number of nitrogens with zero attached hydrogens (tertiary/aromatic N) is 2. The third-order valence-corrected chi connectivity index (χ3v) is 3.67. The Kier molecular flexibility index (Phi) is 4.48. The van der Waals surface area contributed by atoms with Crippen molar-refractivity contribution in [1.82, 2.24) is 9.97 Å². The first-order valence-electron chi connectivity index (χ1n) is 7.18. The van der Waals surface area contributed by atoms with E-state index in [1.807, 2.05) is 25.1 Å². The summed E-state index contributed by atoms with van der Waals surface area (Å²) in [6.45, 7) is 1.97. The minimum Gasteiger partial charge on any atom is -0.399 e. The standard InChI is InChI=1S/C17H15ClFN5/c1-10-2-3-11(20)6-15(10)24-17-8-16(21-9-22-17)23-12-4-5-14(19)13(18)7-12/h2-9H,20H2,1H3,(H2,21,22,23,24). The molecule has 0 aliphatic heterocycles. The van der Waals surface area contributed by atoms with E-state index in [1.54, 1.807) is 12.1 Å². The van der Waals surface area contributed by atoms with E-state index < -0.39 is 5.82 Å². The van der Waals surface area contributed by atoms with Gasteiger partial charge in [-0.15, -0.1) is 0 Å². The molecule has 3 rings (SSSR count). The molecule has 0 atom stereocenters. The second kappa shape index (κ2) is 6.72. The highest BCUT2D eigenvalue weighted by atomic mass is 35.5. The minimum atomic E-state index is -0.468. The molecule has 1 aromatic heterocycles. The molecule has 3 aromatic rings. The molecule has 2 aromatic carbocycles. The summed E-state index contributed by atoms with van der Waals surface area (Å²) in [4.78, 5) is 8.33. The van der Waals surface area contributed by atoms with Crippen molar-refractivity contribution < 1.29 is 4.39 Å². The van der Waals surface area contributed by atoms with Crippen LogP contribution in [0.3, 0.4) is 0 Å². The van der Waals surface area contributed by atoms with E-state index in [-0.39, 0.29) is 5.02 Å². The second-order valence-corrected chi connectivity index (χ2v) is 5.65. The molecule has 0 unspecified atom stereocenters. The molecule has 0 saturated heterocycles. The fourth-order valence-electron chi connectivity index (χ4n) is 2.13. The predicted molar refractivity (Wildman–Crippen MR) is 95.6 cm³/mol. The van der Waals surface area contributed by atoms with Crippen LogP contribution in [0.1, 0.15) is 5.56 Å². The number of nitrogens with one attached hydrogen (secondary N) is 2. The summed E-state index contributed by atoms with van der Waals surface area (Å²) in [5.74, 6) is 0.690. The van der Waals surface area contributed by atoms with Gasteiger partial charge in [-0.25, -0.2) is 14.4 Å². The number of anilines is 5. The highest BCUT2D eigenvalue weighted by Crippen LogP contribution is 2.25. The van der Waals surface area contributed by atoms with Crippen LogP contribution in [-0.4, -0.2) is 9.97 Å². The second-order valence-electron chi connectivity index (χ2n) is 5.24. The molecule has 5 nitrogen and oxygen atoms in total. The molecule has 4 N–H and O–H groups in total. The summed E-state index contributed by atoms with van der Waals surface area (Å²) in [7, 11) is 0. The molecule has 0 spiro atoms. The van der Waals surface area contributed by atoms with Crippen LogP contribution in [0.15, 0.2) is 48.8 Å². The maximum absolute atomic E-state index is 13.2. The highest BCUT2D eigenvalue weighted by Gasteiger charge is 2.05. The van der Waals surface area contributed by atoms with Gasteiger partial charge in [0, 0.05) is 23.1 Å². The zero-order chi connectivity index (χ0) is 17.1. The van der Waals surface area contributed by atoms with E-state index in [9.17, 15) is 4.39 Å². The molecule has 0 bridgehead atoms. The number of benzene rings is 2. The topological polar surface area (TPSA) is 75.9 Å². The molecule has 1 heterocycles. The molecule has 0 amide bonds. The summed E-state index contributed by atoms with van der Waals surface area (Å²) in [6, 6.07) is 11.7. The fourth-order valence-corrected chi connectivity index (χ4v) is 2.31. The third kappa shape index (κ3) is 3.72. The first-order valence-corrected chi connectivity index (χ1v) is 7.56. The van der Waals surface area contributed by atoms with Crippen molar-refractivity contribution in [3.8, 4) is 0 Å². The molecule has 24 heavy (non-hydrogen) atoms. The Labute approximate surface area is 143 Å². The van der Waals surface area contributed by atoms with E-state index in [2.05, 4.69) is 20.6 Å². The lowest BCUT2D eigenvalue weighted by atomic mass is 10.2. The van der Waals surface area contributed by atoms with Crippen molar-refractivity contribution >= 4 is 40.3 Å². The van der Waals surface area contributed by atoms with E-state index in [4.69, 9.17) is 17.3 Å². The monoisotopic (exact) mass is 343 g/mol. The summed E-state index contributed by atoms with van der Waals surface area (Å²) in [5, 5.41) is 6.30. The first-order chi connectivity index (χ1) is 11.5. The molecule has 0 fully saturated rings. The first kappa shape index (κ1) is 16.0. The zero-order valence-corrected chi connectivity index (χ0v) is 13.6. The van der Waals surface area contributed by atoms with Gasteiger partial charge >= 0.3 is 0 Å². The van der Waals surface area contributed by atoms with E-state index in [0.29, 0.717) is 23.0 Å². The molecule has 0 aliphatic rings. The number of halogens is 2. The Morgan fingerprint density at radius 3 is 2.50 bits per heavy atom. The zero-order valence-electron chi connectivity index (χ0n) is 12.8. The minimum absolute atomic E-state index is 0.0443. The van der Waals surface area contributed by atoms with Crippen molar-refractivity contribution in [2.24, 2.45) is 0 Å². The Hall–Kier alpha value is -2.86. The number of aryl methyl sites for hydroxylation is 1. The maximum atomic E-state index is 13.2. The molecule has 0 radical (unpaired) electrons. The molecule has 0 aliphatic carbocycles. The number of nitrogen functional groups attached to an aromatic ring is 1. The lowest BCUT2D eigenvalue weighted by Crippen LogP contribution is -2.00. The van der Waals surface area contributed by atoms with Crippen molar-refractivity contribution in [2.45, 2.75) is 6.92 Å². The van der Waals surface area contributed by atoms with E-state index >= 15 is 0 Å². The van der Waals surface area contributed by atoms with Crippen molar-refractivity contribution in [2.75, 3.05) is 16.4 Å². The normalized spacial score (nSPS) is 10.5. The molecular weight excluding hydrogens is 329 g/mol. The van der Waals surface area contributed by atoms with Gasteiger partial charge in [-0.05, 0) is 42.8 Å². The van der Waals surface area contributed by atoms with Crippen LogP contribution < -0.4 is 16.4 Å². The lowest BCUT2D eigenvalue weighted by Gasteiger charge is -2.11. The quantitative estimate of drug-likeness (QED) is 0.601. The fraction of sp³-hybridized carbons (Fsp3) is 0.0588. The van der Waals surface area contributed by atoms with Gasteiger partial charge in [-0.2, -0.15) is 0 Å². The molecule has 0 saturated carbocycles. The van der Waals surface area contributed by atoms with Crippen LogP contribution in [0.2, 0.25) is 5.02 Å². The van der Waals surface area contributed by atoms with Crippen LogP contribution >= 0.6 is 11.6 Å². The highest BCUT2D eigenvalue weighted by molar-refractivity contribution is 6.31. The summed E-state index contributed by atoms with van der Waals surface area (Å²) in [5.41, 5.74) is 9.01. The van der Waals surface area contributed by atoms with Gasteiger partial charge in [-0.1, -0.05) is 17.7 Å². The van der Waals surface area contributed by atoms with Crippen molar-refractivity contribution in [3.63, 3.8) is 0 Å². The number of aromatic nitrogens is 2. The van der Waals surface area contributed by atoms with Gasteiger partial charge in [-0.3, -0.25) is 0 Å². The van der Waals surface area contributed by atoms with Crippen LogP contribution in [0.5, 0.6) is 0 Å². The Morgan fingerprint density at radius 1 is 1.00 bits per heavy atom. The average Bonchev–Trinajstić information content (AvgIpc) is 2.55. The lowest BCUT2D eigenvalue weighted by molar-refractivity contribution is 0.628. The van der Waals surface area contributed by atoms with Crippen LogP contribution in [0, 0.1) is 12.7 Å². The largest absolute Gasteiger partial charge is 0.399 e. The number of nitrogens with two attached hydrogens (primary N) is 1. The maximum Gasteiger partial charge on any atom is 0.141 e. The molecule has 122 valence electrons. The van der Waals surface area contributed by atoms with Crippen LogP contribution in [-0.2, 0) is 0 Å². The van der Waals surface area contributed by atoms with Gasteiger partial charge in [0.15, 0.2) is 0 Å². The number of hydrogen-bond donors (Lipinski definition) is 3. The summed E-state index contributed by atoms with van der Waals surface area (Å²) < 4.78 is 13.2. The van der Waals surface area contributed by atoms with Crippen LogP contribution in [0.4, 0.5) is 33.1 Å². The Balaban J connectivity index is 1.81. The number of rotatable bonds is 4. The predicted octanol–water partition coefficient (Wildman–Crippen LogP) is 4.65. The van der Waals surface area contributed by atoms with Crippen molar-refractivity contribution in [3.05, 3.63) is 65.2 Å². The number of hydrogen-bond acceptors (Lipinski definition) is 5. The van der Waals surface area contributed by atoms with Gasteiger partial charge < -0.3 is 16.4 Å².